The van der Waals surface area contributed by atoms with Crippen LogP contribution in [0.2, 0.25) is 0 Å². The van der Waals surface area contributed by atoms with Gasteiger partial charge in [0.25, 0.3) is 0 Å². The number of aryl methyl sites for hydroxylation is 1. The highest BCUT2D eigenvalue weighted by Crippen LogP contribution is 2.23. The Morgan fingerprint density at radius 2 is 2.24 bits per heavy atom. The number of benzene rings is 1. The number of rotatable bonds is 2. The molecule has 86 valence electrons. The van der Waals surface area contributed by atoms with Gasteiger partial charge in [-0.1, -0.05) is 0 Å². The van der Waals surface area contributed by atoms with E-state index in [9.17, 15) is 4.79 Å². The highest BCUT2D eigenvalue weighted by molar-refractivity contribution is 5.83. The molecule has 0 fully saturated rings. The van der Waals surface area contributed by atoms with E-state index in [0.717, 1.165) is 5.39 Å². The lowest BCUT2D eigenvalue weighted by Gasteiger charge is -2.06. The molecule has 2 rings (SSSR count). The van der Waals surface area contributed by atoms with Crippen molar-refractivity contribution < 1.29 is 9.15 Å². The van der Waals surface area contributed by atoms with Gasteiger partial charge in [0.2, 0.25) is 0 Å². The summed E-state index contributed by atoms with van der Waals surface area (Å²) in [5, 5.41) is 9.62. The second-order valence-electron chi connectivity index (χ2n) is 3.59. The fraction of sp³-hybridized carbons (Fsp3) is 0.231. The van der Waals surface area contributed by atoms with Crippen LogP contribution >= 0.6 is 0 Å². The van der Waals surface area contributed by atoms with Crippen LogP contribution in [0, 0.1) is 18.3 Å². The molecule has 0 radical (unpaired) electrons. The third-order valence-electron chi connectivity index (χ3n) is 2.56. The zero-order valence-corrected chi connectivity index (χ0v) is 9.61. The summed E-state index contributed by atoms with van der Waals surface area (Å²) in [6, 6.07) is 7.10. The van der Waals surface area contributed by atoms with Gasteiger partial charge in [-0.25, -0.2) is 4.79 Å². The van der Waals surface area contributed by atoms with Crippen LogP contribution in [0.3, 0.4) is 0 Å². The molecule has 0 spiro atoms. The van der Waals surface area contributed by atoms with E-state index in [1.807, 2.05) is 13.0 Å². The Kier molecular flexibility index (Phi) is 2.84. The number of ether oxygens (including phenoxy) is 1. The molecule has 0 saturated heterocycles. The minimum atomic E-state index is -0.605. The van der Waals surface area contributed by atoms with Crippen molar-refractivity contribution in [2.45, 2.75) is 13.8 Å². The summed E-state index contributed by atoms with van der Waals surface area (Å²) in [6.45, 7) is 4.16. The molecule has 0 atom stereocenters. The molecule has 0 aliphatic carbocycles. The van der Waals surface area contributed by atoms with Crippen LogP contribution in [-0.4, -0.2) is 6.61 Å². The van der Waals surface area contributed by atoms with Crippen LogP contribution < -0.4 is 10.4 Å². The summed E-state index contributed by atoms with van der Waals surface area (Å²) in [5.74, 6) is 0.646. The monoisotopic (exact) mass is 229 g/mol. The van der Waals surface area contributed by atoms with Gasteiger partial charge in [-0.3, -0.25) is 0 Å². The Bertz CT molecular complexity index is 665. The maximum absolute atomic E-state index is 11.5. The molecule has 0 N–H and O–H groups in total. The third kappa shape index (κ3) is 1.87. The number of nitrogens with zero attached hydrogens (tertiary/aromatic N) is 1. The second-order valence-corrected chi connectivity index (χ2v) is 3.59. The fourth-order valence-electron chi connectivity index (χ4n) is 1.72. The van der Waals surface area contributed by atoms with Crippen LogP contribution in [0.15, 0.2) is 27.4 Å². The van der Waals surface area contributed by atoms with Crippen molar-refractivity contribution in [3.05, 3.63) is 39.7 Å². The molecular formula is C13H11NO3. The molecule has 0 bridgehead atoms. The molecule has 2 aromatic rings. The van der Waals surface area contributed by atoms with E-state index in [-0.39, 0.29) is 5.56 Å². The Labute approximate surface area is 98.0 Å². The van der Waals surface area contributed by atoms with E-state index in [0.29, 0.717) is 23.5 Å². The Morgan fingerprint density at radius 1 is 1.47 bits per heavy atom. The topological polar surface area (TPSA) is 63.2 Å². The SMILES string of the molecule is CCOc1ccc2c(C)c(C#N)c(=O)oc2c1. The molecule has 0 saturated carbocycles. The van der Waals surface area contributed by atoms with Crippen molar-refractivity contribution in [2.75, 3.05) is 6.61 Å². The quantitative estimate of drug-likeness (QED) is 0.741. The van der Waals surface area contributed by atoms with E-state index in [4.69, 9.17) is 14.4 Å². The first-order chi connectivity index (χ1) is 8.17. The summed E-state index contributed by atoms with van der Waals surface area (Å²) >= 11 is 0. The van der Waals surface area contributed by atoms with Gasteiger partial charge in [0.15, 0.2) is 0 Å². The fourth-order valence-corrected chi connectivity index (χ4v) is 1.72. The summed E-state index contributed by atoms with van der Waals surface area (Å²) in [4.78, 5) is 11.5. The number of nitriles is 1. The molecule has 0 aliphatic rings. The number of fused-ring (bicyclic) bond motifs is 1. The molecule has 1 aromatic carbocycles. The maximum atomic E-state index is 11.5. The summed E-state index contributed by atoms with van der Waals surface area (Å²) in [6.07, 6.45) is 0. The van der Waals surface area contributed by atoms with Crippen LogP contribution in [0.4, 0.5) is 0 Å². The van der Waals surface area contributed by atoms with Crippen LogP contribution in [0.25, 0.3) is 11.0 Å². The van der Waals surface area contributed by atoms with Crippen molar-refractivity contribution in [1.82, 2.24) is 0 Å². The lowest BCUT2D eigenvalue weighted by atomic mass is 10.1. The smallest absolute Gasteiger partial charge is 0.354 e. The first-order valence-corrected chi connectivity index (χ1v) is 5.27. The lowest BCUT2D eigenvalue weighted by Crippen LogP contribution is -2.06. The van der Waals surface area contributed by atoms with Crippen LogP contribution in [0.5, 0.6) is 5.75 Å². The minimum absolute atomic E-state index is 0.0571. The van der Waals surface area contributed by atoms with Gasteiger partial charge >= 0.3 is 5.63 Å². The standard InChI is InChI=1S/C13H11NO3/c1-3-16-9-4-5-10-8(2)11(7-14)13(15)17-12(10)6-9/h4-6H,3H2,1-2H3. The predicted molar refractivity (Wildman–Crippen MR) is 63.1 cm³/mol. The summed E-state index contributed by atoms with van der Waals surface area (Å²) < 4.78 is 10.4. The highest BCUT2D eigenvalue weighted by atomic mass is 16.5. The average molecular weight is 229 g/mol. The van der Waals surface area contributed by atoms with Gasteiger partial charge < -0.3 is 9.15 Å². The van der Waals surface area contributed by atoms with Crippen molar-refractivity contribution in [3.8, 4) is 11.8 Å². The van der Waals surface area contributed by atoms with Gasteiger partial charge in [-0.2, -0.15) is 5.26 Å². The molecule has 1 aromatic heterocycles. The molecule has 0 amide bonds. The van der Waals surface area contributed by atoms with E-state index in [1.165, 1.54) is 0 Å². The van der Waals surface area contributed by atoms with Crippen molar-refractivity contribution >= 4 is 11.0 Å². The van der Waals surface area contributed by atoms with Crippen molar-refractivity contribution in [1.29, 1.82) is 5.26 Å². The Balaban J connectivity index is 2.74. The molecule has 4 nitrogen and oxygen atoms in total. The summed E-state index contributed by atoms with van der Waals surface area (Å²) in [7, 11) is 0. The zero-order chi connectivity index (χ0) is 12.4. The van der Waals surface area contributed by atoms with E-state index < -0.39 is 5.63 Å². The zero-order valence-electron chi connectivity index (χ0n) is 9.61. The normalized spacial score (nSPS) is 10.2. The van der Waals surface area contributed by atoms with Crippen LogP contribution in [0.1, 0.15) is 18.1 Å². The Hall–Kier alpha value is -2.28. The lowest BCUT2D eigenvalue weighted by molar-refractivity contribution is 0.340. The average Bonchev–Trinajstić information content (AvgIpc) is 2.29. The van der Waals surface area contributed by atoms with Crippen molar-refractivity contribution in [3.63, 3.8) is 0 Å². The molecule has 0 unspecified atom stereocenters. The second kappa shape index (κ2) is 4.30. The number of hydrogen-bond acceptors (Lipinski definition) is 4. The molecule has 4 heteroatoms. The van der Waals surface area contributed by atoms with Gasteiger partial charge in [0, 0.05) is 11.5 Å². The molecular weight excluding hydrogens is 218 g/mol. The van der Waals surface area contributed by atoms with Gasteiger partial charge in [-0.05, 0) is 31.5 Å². The molecule has 1 heterocycles. The van der Waals surface area contributed by atoms with Crippen LogP contribution in [-0.2, 0) is 0 Å². The molecule has 0 aliphatic heterocycles. The van der Waals surface area contributed by atoms with Crippen molar-refractivity contribution in [2.24, 2.45) is 0 Å². The maximum Gasteiger partial charge on any atom is 0.354 e. The van der Waals surface area contributed by atoms with E-state index >= 15 is 0 Å². The van der Waals surface area contributed by atoms with Gasteiger partial charge in [0.05, 0.1) is 6.61 Å². The third-order valence-corrected chi connectivity index (χ3v) is 2.56. The highest BCUT2D eigenvalue weighted by Gasteiger charge is 2.11. The predicted octanol–water partition coefficient (Wildman–Crippen LogP) is 2.37. The first-order valence-electron chi connectivity index (χ1n) is 5.27. The Morgan fingerprint density at radius 3 is 2.88 bits per heavy atom. The minimum Gasteiger partial charge on any atom is -0.494 e. The summed E-state index contributed by atoms with van der Waals surface area (Å²) in [5.41, 5.74) is 0.534. The van der Waals surface area contributed by atoms with E-state index in [1.54, 1.807) is 25.1 Å². The molecule has 17 heavy (non-hydrogen) atoms. The largest absolute Gasteiger partial charge is 0.494 e. The van der Waals surface area contributed by atoms with E-state index in [2.05, 4.69) is 0 Å². The first kappa shape index (κ1) is 11.2. The van der Waals surface area contributed by atoms with Gasteiger partial charge in [-0.15, -0.1) is 0 Å². The van der Waals surface area contributed by atoms with Gasteiger partial charge in [0.1, 0.15) is 23.0 Å². The number of hydrogen-bond donors (Lipinski definition) is 0.